The molecule has 1 aliphatic carbocycles. The zero-order valence-electron chi connectivity index (χ0n) is 18.5. The van der Waals surface area contributed by atoms with E-state index in [1.54, 1.807) is 31.1 Å². The van der Waals surface area contributed by atoms with Crippen LogP contribution in [0.5, 0.6) is 0 Å². The first-order valence-corrected chi connectivity index (χ1v) is 11.3. The lowest BCUT2D eigenvalue weighted by molar-refractivity contribution is -0.190. The van der Waals surface area contributed by atoms with E-state index < -0.39 is 18.1 Å². The molecule has 2 saturated heterocycles. The Bertz CT molecular complexity index is 1210. The van der Waals surface area contributed by atoms with Crippen LogP contribution in [0, 0.1) is 11.8 Å². The zero-order chi connectivity index (χ0) is 22.4. The second-order valence-electron chi connectivity index (χ2n) is 9.03. The molecule has 0 unspecified atom stereocenters. The van der Waals surface area contributed by atoms with Gasteiger partial charge in [-0.25, -0.2) is 24.9 Å². The van der Waals surface area contributed by atoms with Gasteiger partial charge in [0.1, 0.15) is 24.6 Å². The lowest BCUT2D eigenvalue weighted by atomic mass is 10.1. The van der Waals surface area contributed by atoms with E-state index in [1.807, 2.05) is 18.4 Å². The van der Waals surface area contributed by atoms with E-state index in [-0.39, 0.29) is 12.2 Å². The summed E-state index contributed by atoms with van der Waals surface area (Å²) in [5, 5.41) is 3.53. The quantitative estimate of drug-likeness (QED) is 0.606. The van der Waals surface area contributed by atoms with Gasteiger partial charge in [-0.15, -0.1) is 0 Å². The summed E-state index contributed by atoms with van der Waals surface area (Å²) in [4.78, 5) is 21.9. The highest BCUT2D eigenvalue weighted by atomic mass is 16.8. The Morgan fingerprint density at radius 1 is 1.03 bits per heavy atom. The number of rotatable bonds is 3. The molecule has 1 N–H and O–H groups in total. The van der Waals surface area contributed by atoms with Gasteiger partial charge in [0.05, 0.1) is 6.33 Å². The van der Waals surface area contributed by atoms with Crippen molar-refractivity contribution in [2.45, 2.75) is 75.9 Å². The van der Waals surface area contributed by atoms with E-state index in [9.17, 15) is 0 Å². The molecule has 1 saturated carbocycles. The van der Waals surface area contributed by atoms with Crippen LogP contribution in [-0.4, -0.2) is 59.6 Å². The third kappa shape index (κ3) is 3.82. The average molecular weight is 447 g/mol. The molecule has 0 amide bonds. The molecule has 3 aliphatic rings. The molecule has 10 nitrogen and oxygen atoms in total. The second kappa shape index (κ2) is 8.02. The lowest BCUT2D eigenvalue weighted by Gasteiger charge is -2.23. The van der Waals surface area contributed by atoms with E-state index in [0.29, 0.717) is 17.5 Å². The number of anilines is 1. The molecule has 0 radical (unpaired) electrons. The smallest absolute Gasteiger partial charge is 0.204 e. The average Bonchev–Trinajstić information content (AvgIpc) is 3.58. The van der Waals surface area contributed by atoms with Gasteiger partial charge in [0.25, 0.3) is 0 Å². The van der Waals surface area contributed by atoms with Crippen molar-refractivity contribution < 1.29 is 14.2 Å². The van der Waals surface area contributed by atoms with Gasteiger partial charge in [-0.1, -0.05) is 18.8 Å². The lowest BCUT2D eigenvalue weighted by Crippen LogP contribution is -2.28. The molecule has 6 rings (SSSR count). The van der Waals surface area contributed by atoms with Crippen molar-refractivity contribution in [1.82, 2.24) is 29.5 Å². The monoisotopic (exact) mass is 447 g/mol. The van der Waals surface area contributed by atoms with Crippen molar-refractivity contribution in [2.75, 3.05) is 5.32 Å². The van der Waals surface area contributed by atoms with Crippen LogP contribution in [0.25, 0.3) is 11.2 Å². The van der Waals surface area contributed by atoms with E-state index in [4.69, 9.17) is 14.2 Å². The van der Waals surface area contributed by atoms with Gasteiger partial charge in [0.2, 0.25) is 5.82 Å². The second-order valence-corrected chi connectivity index (χ2v) is 9.03. The molecule has 3 aromatic heterocycles. The normalized spacial score (nSPS) is 28.5. The molecule has 2 aliphatic heterocycles. The standard InChI is InChI=1S/C23H25N7O3/c1-23(2)32-18-15(8-9-16-24-10-5-11-25-16)31-22(19(18)33-23)30-13-28-17-20(26-12-27-21(17)30)29-14-6-3-4-7-14/h5,10-15,18-19,22H,3-4,6-7H2,1-2H3,(H,26,27,29)/t15-,18-,19+,22-/m1/s1. The van der Waals surface area contributed by atoms with Crippen molar-refractivity contribution in [3.63, 3.8) is 0 Å². The SMILES string of the molecule is CC1(C)O[C@H]2[C@H](O1)[C@@H](C#Cc1ncccn1)O[C@H]2n1cnc2c(NC3CCCC3)ncnc21. The van der Waals surface area contributed by atoms with Crippen LogP contribution in [-0.2, 0) is 14.2 Å². The van der Waals surface area contributed by atoms with E-state index in [0.717, 1.165) is 24.2 Å². The minimum absolute atomic E-state index is 0.364. The van der Waals surface area contributed by atoms with Crippen LogP contribution in [0.4, 0.5) is 5.82 Å². The highest BCUT2D eigenvalue weighted by Crippen LogP contribution is 2.43. The number of hydrogen-bond acceptors (Lipinski definition) is 9. The summed E-state index contributed by atoms with van der Waals surface area (Å²) in [6.45, 7) is 3.79. The highest BCUT2D eigenvalue weighted by Gasteiger charge is 2.56. The summed E-state index contributed by atoms with van der Waals surface area (Å²) in [6.07, 6.45) is 9.64. The van der Waals surface area contributed by atoms with Gasteiger partial charge in [-0.2, -0.15) is 0 Å². The van der Waals surface area contributed by atoms with Crippen LogP contribution in [0.2, 0.25) is 0 Å². The minimum Gasteiger partial charge on any atom is -0.365 e. The summed E-state index contributed by atoms with van der Waals surface area (Å²) >= 11 is 0. The predicted molar refractivity (Wildman–Crippen MR) is 118 cm³/mol. The minimum atomic E-state index is -0.749. The Morgan fingerprint density at radius 3 is 2.64 bits per heavy atom. The number of ether oxygens (including phenoxy) is 3. The van der Waals surface area contributed by atoms with Crippen LogP contribution >= 0.6 is 0 Å². The topological polar surface area (TPSA) is 109 Å². The fourth-order valence-corrected chi connectivity index (χ4v) is 4.82. The Labute approximate surface area is 191 Å². The van der Waals surface area contributed by atoms with Crippen molar-refractivity contribution in [3.05, 3.63) is 36.9 Å². The highest BCUT2D eigenvalue weighted by molar-refractivity contribution is 5.82. The van der Waals surface area contributed by atoms with Crippen molar-refractivity contribution in [1.29, 1.82) is 0 Å². The molecule has 3 aromatic rings. The molecule has 0 spiro atoms. The van der Waals surface area contributed by atoms with Gasteiger partial charge in [-0.05, 0) is 38.7 Å². The Kier molecular flexibility index (Phi) is 4.98. The Morgan fingerprint density at radius 2 is 1.82 bits per heavy atom. The molecule has 5 heterocycles. The van der Waals surface area contributed by atoms with Gasteiger partial charge < -0.3 is 19.5 Å². The largest absolute Gasteiger partial charge is 0.365 e. The first-order chi connectivity index (χ1) is 16.1. The maximum Gasteiger partial charge on any atom is 0.204 e. The van der Waals surface area contributed by atoms with Gasteiger partial charge in [0, 0.05) is 18.4 Å². The third-order valence-electron chi connectivity index (χ3n) is 6.25. The predicted octanol–water partition coefficient (Wildman–Crippen LogP) is 2.44. The van der Waals surface area contributed by atoms with Gasteiger partial charge in [-0.3, -0.25) is 4.57 Å². The summed E-state index contributed by atoms with van der Waals surface area (Å²) in [5.74, 6) is 6.55. The van der Waals surface area contributed by atoms with Crippen LogP contribution in [0.3, 0.4) is 0 Å². The number of hydrogen-bond donors (Lipinski definition) is 1. The van der Waals surface area contributed by atoms with Crippen LogP contribution < -0.4 is 5.32 Å². The summed E-state index contributed by atoms with van der Waals surface area (Å²) in [6, 6.07) is 2.18. The molecule has 170 valence electrons. The maximum atomic E-state index is 6.33. The summed E-state index contributed by atoms with van der Waals surface area (Å²) < 4.78 is 20.6. The van der Waals surface area contributed by atoms with Crippen molar-refractivity contribution in [2.24, 2.45) is 0 Å². The Balaban J connectivity index is 1.32. The molecule has 3 fully saturated rings. The molecular formula is C23H25N7O3. The molecule has 0 aromatic carbocycles. The summed E-state index contributed by atoms with van der Waals surface area (Å²) in [7, 11) is 0. The number of nitrogens with zero attached hydrogens (tertiary/aromatic N) is 6. The van der Waals surface area contributed by atoms with Gasteiger partial charge in [0.15, 0.2) is 29.0 Å². The van der Waals surface area contributed by atoms with E-state index in [1.165, 1.54) is 12.8 Å². The first kappa shape index (κ1) is 20.5. The fourth-order valence-electron chi connectivity index (χ4n) is 4.82. The maximum absolute atomic E-state index is 6.33. The van der Waals surface area contributed by atoms with Crippen LogP contribution in [0.15, 0.2) is 31.1 Å². The number of imidazole rings is 1. The number of fused-ring (bicyclic) bond motifs is 2. The number of aromatic nitrogens is 6. The van der Waals surface area contributed by atoms with E-state index in [2.05, 4.69) is 42.1 Å². The molecule has 4 atom stereocenters. The summed E-state index contributed by atoms with van der Waals surface area (Å²) in [5.41, 5.74) is 1.40. The number of nitrogens with one attached hydrogen (secondary N) is 1. The van der Waals surface area contributed by atoms with Gasteiger partial charge >= 0.3 is 0 Å². The molecule has 10 heteroatoms. The fraction of sp³-hybridized carbons (Fsp3) is 0.522. The van der Waals surface area contributed by atoms with E-state index >= 15 is 0 Å². The van der Waals surface area contributed by atoms with Crippen molar-refractivity contribution in [3.8, 4) is 11.8 Å². The molecule has 0 bridgehead atoms. The van der Waals surface area contributed by atoms with Crippen molar-refractivity contribution >= 4 is 17.0 Å². The third-order valence-corrected chi connectivity index (χ3v) is 6.25. The zero-order valence-corrected chi connectivity index (χ0v) is 18.5. The molecule has 33 heavy (non-hydrogen) atoms. The molecular weight excluding hydrogens is 422 g/mol. The van der Waals surface area contributed by atoms with Crippen LogP contribution in [0.1, 0.15) is 51.6 Å². The Hall–Kier alpha value is -3.13. The first-order valence-electron chi connectivity index (χ1n) is 11.3.